The van der Waals surface area contributed by atoms with E-state index in [2.05, 4.69) is 3.72 Å². The molecule has 8 heteroatoms. The van der Waals surface area contributed by atoms with Crippen molar-refractivity contribution in [3.8, 4) is 0 Å². The Balaban J connectivity index is -0.0000000646. The molecular weight excluding hydrogens is 253 g/mol. The third kappa shape index (κ3) is 7170. The van der Waals surface area contributed by atoms with E-state index in [-0.39, 0.29) is 0 Å². The molecule has 3 N–H and O–H groups in total. The van der Waals surface area contributed by atoms with Gasteiger partial charge in [-0.15, -0.1) is 0 Å². The van der Waals surface area contributed by atoms with Crippen LogP contribution >= 0.6 is 0 Å². The van der Waals surface area contributed by atoms with E-state index in [1.807, 2.05) is 0 Å². The van der Waals surface area contributed by atoms with Gasteiger partial charge in [-0.3, -0.25) is 0 Å². The molecule has 0 atom stereocenters. The zero-order valence-corrected chi connectivity index (χ0v) is 8.33. The molecular formula is CH4InNO5S-2. The van der Waals surface area contributed by atoms with Crippen LogP contribution in [0.2, 0.25) is 0 Å². The summed E-state index contributed by atoms with van der Waals surface area (Å²) in [5, 5.41) is 8.25. The zero-order valence-electron chi connectivity index (χ0n) is 4.22. The third-order valence-electron chi connectivity index (χ3n) is 0. The van der Waals surface area contributed by atoms with Crippen LogP contribution in [0.5, 0.6) is 0 Å². The van der Waals surface area contributed by atoms with Crippen LogP contribution in [0.15, 0.2) is 0 Å². The summed E-state index contributed by atoms with van der Waals surface area (Å²) in [5.74, 6) is 0. The predicted molar refractivity (Wildman–Crippen MR) is 27.4 cm³/mol. The second-order valence-corrected chi connectivity index (χ2v) is 0.748. The molecule has 0 rings (SSSR count). The average Bonchev–Trinajstić information content (AvgIpc) is 1.71. The van der Waals surface area contributed by atoms with Crippen molar-refractivity contribution in [3.05, 3.63) is 0 Å². The van der Waals surface area contributed by atoms with Gasteiger partial charge in [0.15, 0.2) is 0 Å². The molecule has 0 spiro atoms. The quantitative estimate of drug-likeness (QED) is 0.209. The Bertz CT molecular complexity index is 93.1. The summed E-state index contributed by atoms with van der Waals surface area (Å²) in [6.07, 6.45) is 0. The second kappa shape index (κ2) is 24.1. The van der Waals surface area contributed by atoms with Gasteiger partial charge in [0.25, 0.3) is 0 Å². The van der Waals surface area contributed by atoms with Gasteiger partial charge < -0.3 is 22.9 Å². The van der Waals surface area contributed by atoms with E-state index in [4.69, 9.17) is 22.9 Å². The van der Waals surface area contributed by atoms with Gasteiger partial charge in [-0.1, -0.05) is 0 Å². The summed E-state index contributed by atoms with van der Waals surface area (Å²) in [6.45, 7) is -0.500. The van der Waals surface area contributed by atoms with Gasteiger partial charge in [0, 0.05) is 17.5 Å². The number of rotatable bonds is 0. The second-order valence-electron chi connectivity index (χ2n) is 0.313. The third-order valence-corrected chi connectivity index (χ3v) is 0. The van der Waals surface area contributed by atoms with Gasteiger partial charge in [-0.05, 0) is 0 Å². The van der Waals surface area contributed by atoms with E-state index in [0.717, 1.165) is 24.7 Å². The summed E-state index contributed by atoms with van der Waals surface area (Å²) >= 11 is 0.850. The van der Waals surface area contributed by atoms with E-state index >= 15 is 0 Å². The monoisotopic (exact) mass is 257 g/mol. The van der Waals surface area contributed by atoms with Gasteiger partial charge >= 0.3 is 28.4 Å². The molecule has 0 aliphatic rings. The summed E-state index contributed by atoms with van der Waals surface area (Å²) in [4.78, 5) is 8.25. The Morgan fingerprint density at radius 1 is 1.56 bits per heavy atom. The molecule has 2 radical (unpaired) electrons. The van der Waals surface area contributed by atoms with Crippen LogP contribution in [-0.2, 0) is 24.2 Å². The maximum absolute atomic E-state index is 8.56. The standard InChI is InChI=1S/CH2O2.In.H2N.HO3S/c2-1-3;;;1-4(2)3/h1H,(H,2,3);;1H2;(H,1,2,3)/q;+1;2*-1/p-1. The van der Waals surface area contributed by atoms with Crippen molar-refractivity contribution in [2.75, 3.05) is 0 Å². The molecule has 0 amide bonds. The minimum atomic E-state index is -2.86. The molecule has 9 heavy (non-hydrogen) atoms. The molecule has 0 aliphatic carbocycles. The SMILES string of the molecule is O=C[O-].O=[S-](=O)O.[NH2][In]. The van der Waals surface area contributed by atoms with E-state index in [9.17, 15) is 0 Å². The van der Waals surface area contributed by atoms with E-state index in [0.29, 0.717) is 0 Å². The van der Waals surface area contributed by atoms with Crippen LogP contribution in [0, 0.1) is 0 Å². The Hall–Kier alpha value is 0.210. The van der Waals surface area contributed by atoms with Crippen molar-refractivity contribution in [2.45, 2.75) is 0 Å². The van der Waals surface area contributed by atoms with Gasteiger partial charge in [-0.25, -0.2) is 0 Å². The average molecular weight is 257 g/mol. The summed E-state index contributed by atoms with van der Waals surface area (Å²) in [7, 11) is -2.86. The first kappa shape index (κ1) is 16.1. The fraction of sp³-hybridized carbons (Fsp3) is 0. The van der Waals surface area contributed by atoms with Crippen molar-refractivity contribution in [3.63, 3.8) is 0 Å². The normalized spacial score (nSPS) is 5.67. The van der Waals surface area contributed by atoms with E-state index < -0.39 is 17.5 Å². The molecule has 0 fully saturated rings. The first-order valence-corrected chi connectivity index (χ1v) is 4.26. The van der Waals surface area contributed by atoms with Crippen molar-refractivity contribution in [2.24, 2.45) is 3.72 Å². The molecule has 6 nitrogen and oxygen atoms in total. The van der Waals surface area contributed by atoms with Gasteiger partial charge in [0.1, 0.15) is 0 Å². The molecule has 54 valence electrons. The van der Waals surface area contributed by atoms with Crippen molar-refractivity contribution in [1.82, 2.24) is 0 Å². The van der Waals surface area contributed by atoms with Gasteiger partial charge in [-0.2, -0.15) is 0 Å². The number of hydrogen-bond acceptors (Lipinski definition) is 6. The Morgan fingerprint density at radius 2 is 1.56 bits per heavy atom. The number of carboxylic acid groups (broad SMARTS) is 1. The molecule has 0 saturated carbocycles. The minimum absolute atomic E-state index is 0.500. The molecule has 0 heterocycles. The van der Waals surface area contributed by atoms with Crippen LogP contribution in [0.1, 0.15) is 0 Å². The van der Waals surface area contributed by atoms with Gasteiger partial charge in [0.2, 0.25) is 0 Å². The van der Waals surface area contributed by atoms with E-state index in [1.54, 1.807) is 0 Å². The molecule has 0 aromatic carbocycles. The molecule has 0 bridgehead atoms. The molecule has 0 aliphatic heterocycles. The summed E-state index contributed by atoms with van der Waals surface area (Å²) in [5.41, 5.74) is 0. The zero-order chi connectivity index (χ0) is 8.28. The molecule has 0 unspecified atom stereocenters. The van der Waals surface area contributed by atoms with Crippen LogP contribution in [0.3, 0.4) is 0 Å². The topological polar surface area (TPSA) is 121 Å². The van der Waals surface area contributed by atoms with Crippen LogP contribution in [0.4, 0.5) is 0 Å². The summed E-state index contributed by atoms with van der Waals surface area (Å²) in [6, 6.07) is 0. The van der Waals surface area contributed by atoms with Crippen LogP contribution < -0.4 is 8.83 Å². The van der Waals surface area contributed by atoms with E-state index in [1.165, 1.54) is 0 Å². The Labute approximate surface area is 68.8 Å². The van der Waals surface area contributed by atoms with Crippen LogP contribution in [-0.4, -0.2) is 35.7 Å². The first-order valence-electron chi connectivity index (χ1n) is 1.32. The predicted octanol–water partition coefficient (Wildman–Crippen LogP) is -2.84. The molecule has 0 aromatic rings. The van der Waals surface area contributed by atoms with Gasteiger partial charge in [0.05, 0.1) is 0 Å². The number of carbonyl (C=O) groups is 1. The summed E-state index contributed by atoms with van der Waals surface area (Å²) < 4.78 is 28.7. The van der Waals surface area contributed by atoms with Crippen LogP contribution in [0.25, 0.3) is 0 Å². The number of carbonyl (C=O) groups excluding carboxylic acids is 1. The Kier molecular flexibility index (Phi) is 43.1. The Morgan fingerprint density at radius 3 is 1.56 bits per heavy atom. The molecule has 0 saturated heterocycles. The van der Waals surface area contributed by atoms with Crippen molar-refractivity contribution >= 4 is 42.1 Å². The first-order chi connectivity index (χ1) is 4.15. The number of nitrogens with two attached hydrogens (primary N) is 1. The maximum atomic E-state index is 8.56. The van der Waals surface area contributed by atoms with Crippen molar-refractivity contribution < 1.29 is 22.9 Å². The fourth-order valence-corrected chi connectivity index (χ4v) is 0. The molecule has 0 aromatic heterocycles. The number of hydrogen-bond donors (Lipinski definition) is 2. The van der Waals surface area contributed by atoms with Crippen molar-refractivity contribution in [1.29, 1.82) is 0 Å². The fourth-order valence-electron chi connectivity index (χ4n) is 0.